The van der Waals surface area contributed by atoms with Crippen LogP contribution in [0.5, 0.6) is 0 Å². The zero-order chi connectivity index (χ0) is 19.3. The van der Waals surface area contributed by atoms with Gasteiger partial charge in [-0.05, 0) is 42.8 Å². The molecule has 1 amide bonds. The van der Waals surface area contributed by atoms with Crippen LogP contribution in [0.3, 0.4) is 0 Å². The third-order valence-electron chi connectivity index (χ3n) is 3.50. The fourth-order valence-electron chi connectivity index (χ4n) is 2.12. The number of aryl methyl sites for hydroxylation is 1. The normalized spacial score (nSPS) is 11.8. The molecule has 0 aliphatic heterocycles. The van der Waals surface area contributed by atoms with Gasteiger partial charge in [0.1, 0.15) is 0 Å². The van der Waals surface area contributed by atoms with E-state index in [1.165, 1.54) is 18.2 Å². The minimum Gasteiger partial charge on any atom is -0.666 e. The van der Waals surface area contributed by atoms with Gasteiger partial charge in [-0.2, -0.15) is 0 Å². The van der Waals surface area contributed by atoms with E-state index in [1.54, 1.807) is 37.3 Å². The number of benzene rings is 2. The zero-order valence-corrected chi connectivity index (χ0v) is 20.0. The molecule has 0 heterocycles. The number of sulfonamides is 1. The van der Waals surface area contributed by atoms with Gasteiger partial charge in [-0.15, -0.1) is 0 Å². The molecule has 0 fully saturated rings. The van der Waals surface area contributed by atoms with Crippen LogP contribution in [0.15, 0.2) is 53.4 Å². The van der Waals surface area contributed by atoms with Gasteiger partial charge in [0, 0.05) is 56.2 Å². The van der Waals surface area contributed by atoms with E-state index in [-0.39, 0.29) is 54.6 Å². The van der Waals surface area contributed by atoms with Gasteiger partial charge >= 0.3 is 5.97 Å². The number of rotatable bonds is 7. The molecule has 0 saturated carbocycles. The van der Waals surface area contributed by atoms with E-state index in [0.29, 0.717) is 11.3 Å². The van der Waals surface area contributed by atoms with Crippen molar-refractivity contribution >= 4 is 33.3 Å². The van der Waals surface area contributed by atoms with Gasteiger partial charge in [-0.25, -0.2) is 8.42 Å². The van der Waals surface area contributed by atoms with Crippen molar-refractivity contribution in [1.82, 2.24) is 0 Å². The van der Waals surface area contributed by atoms with E-state index >= 15 is 0 Å². The first kappa shape index (κ1) is 23.6. The van der Waals surface area contributed by atoms with Crippen molar-refractivity contribution < 1.29 is 67.2 Å². The summed E-state index contributed by atoms with van der Waals surface area (Å²) in [6.07, 6.45) is -0.620. The maximum Gasteiger partial charge on any atom is 0.302 e. The zero-order valence-electron chi connectivity index (χ0n) is 14.5. The van der Waals surface area contributed by atoms with Crippen LogP contribution in [0.1, 0.15) is 12.0 Å². The Morgan fingerprint density at radius 2 is 1.78 bits per heavy atom. The number of aliphatic carboxylic acids is 1. The summed E-state index contributed by atoms with van der Waals surface area (Å²) >= 11 is 0. The molecule has 2 aromatic carbocycles. The SMILES string of the molecule is Cc1ccc(NS(=O)(=O)c2ccccc2)cc1NC(=O)[C@@H]([NH-])CC(=O)O.[Ac]. The molecule has 4 N–H and O–H groups in total. The number of carboxylic acid groups (broad SMARTS) is 1. The Morgan fingerprint density at radius 1 is 1.15 bits per heavy atom. The van der Waals surface area contributed by atoms with Crippen molar-refractivity contribution in [2.24, 2.45) is 0 Å². The largest absolute Gasteiger partial charge is 0.666 e. The Bertz CT molecular complexity index is 919. The molecule has 0 aromatic heterocycles. The number of nitrogens with one attached hydrogen (secondary N) is 3. The van der Waals surface area contributed by atoms with Gasteiger partial charge in [0.15, 0.2) is 0 Å². The quantitative estimate of drug-likeness (QED) is 0.447. The van der Waals surface area contributed by atoms with Crippen LogP contribution in [-0.4, -0.2) is 31.4 Å². The van der Waals surface area contributed by atoms with Crippen LogP contribution >= 0.6 is 0 Å². The average Bonchev–Trinajstić information content (AvgIpc) is 2.57. The van der Waals surface area contributed by atoms with Crippen LogP contribution in [0.25, 0.3) is 5.73 Å². The van der Waals surface area contributed by atoms with Crippen molar-refractivity contribution in [3.63, 3.8) is 0 Å². The van der Waals surface area contributed by atoms with Crippen LogP contribution in [0, 0.1) is 51.0 Å². The summed E-state index contributed by atoms with van der Waals surface area (Å²) in [5, 5.41) is 11.1. The molecule has 0 saturated heterocycles. The van der Waals surface area contributed by atoms with Crippen LogP contribution in [0.2, 0.25) is 0 Å². The number of hydrogen-bond acceptors (Lipinski definition) is 4. The molecule has 0 bridgehead atoms. The standard InChI is InChI=1S/C17H18N3O5S.Ac/c1-11-7-8-12(20-26(24,25)13-5-3-2-4-6-13)9-15(11)19-17(23)14(18)10-16(21)22;/h2-9,14,18,20H,10H2,1H3,(H,19,23)(H,21,22);/q-1;/t14-;/m0./s1. The molecular formula is C17H18AcN3O5S-. The first-order valence-corrected chi connectivity index (χ1v) is 9.09. The molecular weight excluding hydrogens is 585 g/mol. The second-order valence-electron chi connectivity index (χ2n) is 5.59. The van der Waals surface area contributed by atoms with E-state index in [1.807, 2.05) is 0 Å². The van der Waals surface area contributed by atoms with Crippen molar-refractivity contribution in [2.45, 2.75) is 24.3 Å². The topological polar surface area (TPSA) is 136 Å². The average molecular weight is 603 g/mol. The molecule has 0 spiro atoms. The number of anilines is 2. The molecule has 141 valence electrons. The van der Waals surface area contributed by atoms with E-state index in [2.05, 4.69) is 10.0 Å². The number of carbonyl (C=O) groups excluding carboxylic acids is 1. The van der Waals surface area contributed by atoms with Gasteiger partial charge in [0.05, 0.1) is 10.6 Å². The summed E-state index contributed by atoms with van der Waals surface area (Å²) in [6.45, 7) is 1.70. The molecule has 0 unspecified atom stereocenters. The summed E-state index contributed by atoms with van der Waals surface area (Å²) in [4.78, 5) is 22.6. The molecule has 1 atom stereocenters. The minimum atomic E-state index is -3.78. The molecule has 0 aliphatic carbocycles. The Kier molecular flexibility index (Phi) is 8.89. The summed E-state index contributed by atoms with van der Waals surface area (Å²) in [6, 6.07) is 10.9. The van der Waals surface area contributed by atoms with Gasteiger partial charge in [0.2, 0.25) is 5.91 Å². The molecule has 2 rings (SSSR count). The fraction of sp³-hybridized carbons (Fsp3) is 0.176. The molecule has 10 heteroatoms. The Hall–Kier alpha value is -1.47. The van der Waals surface area contributed by atoms with Gasteiger partial charge in [-0.1, -0.05) is 24.3 Å². The number of carboxylic acids is 1. The molecule has 1 radical (unpaired) electrons. The van der Waals surface area contributed by atoms with Crippen LogP contribution in [0.4, 0.5) is 11.4 Å². The predicted octanol–water partition coefficient (Wildman–Crippen LogP) is 2.63. The summed E-state index contributed by atoms with van der Waals surface area (Å²) < 4.78 is 27.1. The Labute approximate surface area is 193 Å². The minimum absolute atomic E-state index is 0. The van der Waals surface area contributed by atoms with E-state index in [0.717, 1.165) is 0 Å². The van der Waals surface area contributed by atoms with Crippen molar-refractivity contribution in [2.75, 3.05) is 10.0 Å². The first-order chi connectivity index (χ1) is 12.2. The molecule has 0 aliphatic rings. The summed E-state index contributed by atoms with van der Waals surface area (Å²) in [5.74, 6) is -2.03. The van der Waals surface area contributed by atoms with Crippen molar-refractivity contribution in [3.05, 3.63) is 59.8 Å². The number of hydrogen-bond donors (Lipinski definition) is 3. The smallest absolute Gasteiger partial charge is 0.302 e. The fourth-order valence-corrected chi connectivity index (χ4v) is 3.19. The Morgan fingerprint density at radius 3 is 2.37 bits per heavy atom. The van der Waals surface area contributed by atoms with Crippen molar-refractivity contribution in [3.8, 4) is 0 Å². The second-order valence-corrected chi connectivity index (χ2v) is 7.27. The third-order valence-corrected chi connectivity index (χ3v) is 4.89. The Balaban J connectivity index is 0.00000364. The molecule has 8 nitrogen and oxygen atoms in total. The van der Waals surface area contributed by atoms with Crippen molar-refractivity contribution in [1.29, 1.82) is 0 Å². The summed E-state index contributed by atoms with van der Waals surface area (Å²) in [5.41, 5.74) is 8.70. The van der Waals surface area contributed by atoms with Crippen LogP contribution in [-0.2, 0) is 19.6 Å². The second kappa shape index (κ2) is 10.2. The van der Waals surface area contributed by atoms with Gasteiger partial charge < -0.3 is 16.2 Å². The van der Waals surface area contributed by atoms with E-state index < -0.39 is 34.4 Å². The first-order valence-electron chi connectivity index (χ1n) is 7.61. The van der Waals surface area contributed by atoms with Gasteiger partial charge in [0.25, 0.3) is 10.0 Å². The number of amides is 1. The number of carbonyl (C=O) groups is 2. The van der Waals surface area contributed by atoms with E-state index in [4.69, 9.17) is 10.8 Å². The maximum atomic E-state index is 12.4. The van der Waals surface area contributed by atoms with Crippen LogP contribution < -0.4 is 10.0 Å². The molecule has 2 aromatic rings. The van der Waals surface area contributed by atoms with E-state index in [9.17, 15) is 18.0 Å². The van der Waals surface area contributed by atoms with Gasteiger partial charge in [-0.3, -0.25) is 14.3 Å². The monoisotopic (exact) mass is 603 g/mol. The predicted molar refractivity (Wildman–Crippen MR) is 97.4 cm³/mol. The third kappa shape index (κ3) is 6.88. The summed E-state index contributed by atoms with van der Waals surface area (Å²) in [7, 11) is -3.78. The maximum absolute atomic E-state index is 12.4. The molecule has 27 heavy (non-hydrogen) atoms.